The molecule has 3 aromatic rings. The Kier molecular flexibility index (Phi) is 4.84. The monoisotopic (exact) mass is 389 g/mol. The first kappa shape index (κ1) is 17.8. The zero-order valence-electron chi connectivity index (χ0n) is 13.0. The normalized spacial score (nSPS) is 11.5. The fraction of sp³-hybridized carbons (Fsp3) is 0.0588. The summed E-state index contributed by atoms with van der Waals surface area (Å²) >= 11 is 6.90. The summed E-state index contributed by atoms with van der Waals surface area (Å²) in [5.74, 6) is 1.02. The maximum atomic E-state index is 14.2. The van der Waals surface area contributed by atoms with Gasteiger partial charge in [0.25, 0.3) is 11.6 Å². The molecule has 0 bridgehead atoms. The van der Waals surface area contributed by atoms with Crippen molar-refractivity contribution in [2.24, 2.45) is 4.99 Å². The molecule has 1 amide bonds. The third-order valence-electron chi connectivity index (χ3n) is 3.48. The predicted molar refractivity (Wildman–Crippen MR) is 96.6 cm³/mol. The van der Waals surface area contributed by atoms with Crippen LogP contribution in [0.5, 0.6) is 0 Å². The van der Waals surface area contributed by atoms with Gasteiger partial charge in [-0.3, -0.25) is 14.9 Å². The number of para-hydroxylation sites is 1. The molecule has 1 heterocycles. The van der Waals surface area contributed by atoms with Gasteiger partial charge in [-0.05, 0) is 24.3 Å². The molecule has 0 atom stereocenters. The Morgan fingerprint density at radius 1 is 1.42 bits per heavy atom. The number of carbonyl (C=O) groups is 1. The summed E-state index contributed by atoms with van der Waals surface area (Å²) in [4.78, 5) is 27.0. The summed E-state index contributed by atoms with van der Waals surface area (Å²) in [7, 11) is 0. The molecule has 0 saturated heterocycles. The van der Waals surface area contributed by atoms with Gasteiger partial charge < -0.3 is 4.57 Å². The van der Waals surface area contributed by atoms with E-state index >= 15 is 0 Å². The van der Waals surface area contributed by atoms with Gasteiger partial charge in [-0.1, -0.05) is 34.9 Å². The molecular weight excluding hydrogens is 381 g/mol. The highest BCUT2D eigenvalue weighted by molar-refractivity contribution is 7.16. The van der Waals surface area contributed by atoms with Crippen molar-refractivity contribution in [1.29, 1.82) is 0 Å². The van der Waals surface area contributed by atoms with Gasteiger partial charge in [-0.15, -0.1) is 6.42 Å². The molecule has 0 N–H and O–H groups in total. The second-order valence-electron chi connectivity index (χ2n) is 5.10. The zero-order valence-corrected chi connectivity index (χ0v) is 14.6. The van der Waals surface area contributed by atoms with Crippen LogP contribution in [-0.4, -0.2) is 15.4 Å². The number of nitro groups is 1. The molecule has 0 aliphatic heterocycles. The molecule has 3 rings (SSSR count). The van der Waals surface area contributed by atoms with Gasteiger partial charge in [0.15, 0.2) is 4.80 Å². The fourth-order valence-electron chi connectivity index (χ4n) is 2.40. The minimum absolute atomic E-state index is 0.00924. The Morgan fingerprint density at radius 2 is 2.19 bits per heavy atom. The van der Waals surface area contributed by atoms with Crippen LogP contribution in [0, 0.1) is 28.3 Å². The van der Waals surface area contributed by atoms with E-state index in [-0.39, 0.29) is 27.4 Å². The lowest BCUT2D eigenvalue weighted by Crippen LogP contribution is -2.17. The summed E-state index contributed by atoms with van der Waals surface area (Å²) < 4.78 is 16.1. The molecule has 6 nitrogen and oxygen atoms in total. The average Bonchev–Trinajstić information content (AvgIpc) is 2.93. The summed E-state index contributed by atoms with van der Waals surface area (Å²) in [6, 6.07) is 8.08. The van der Waals surface area contributed by atoms with Gasteiger partial charge in [-0.2, -0.15) is 4.99 Å². The van der Waals surface area contributed by atoms with E-state index in [1.807, 2.05) is 0 Å². The number of amides is 1. The van der Waals surface area contributed by atoms with Gasteiger partial charge >= 0.3 is 0 Å². The standard InChI is InChI=1S/C17H9ClFN3O3S/c1-2-8-21-15-12(19)4-3-5-14(15)26-17(21)20-16(23)11-9-10(18)6-7-13(11)22(24)25/h1,3-7,9H,8H2. The van der Waals surface area contributed by atoms with E-state index in [4.69, 9.17) is 18.0 Å². The first-order valence-electron chi connectivity index (χ1n) is 7.16. The third kappa shape index (κ3) is 3.22. The van der Waals surface area contributed by atoms with Crippen molar-refractivity contribution in [2.45, 2.75) is 6.54 Å². The summed E-state index contributed by atoms with van der Waals surface area (Å²) in [5.41, 5.74) is -0.450. The summed E-state index contributed by atoms with van der Waals surface area (Å²) in [5, 5.41) is 11.3. The number of halogens is 2. The molecule has 0 saturated carbocycles. The Morgan fingerprint density at radius 3 is 2.88 bits per heavy atom. The Labute approximate surface area is 155 Å². The van der Waals surface area contributed by atoms with Crippen LogP contribution in [0.3, 0.4) is 0 Å². The van der Waals surface area contributed by atoms with Crippen LogP contribution in [0.25, 0.3) is 10.2 Å². The van der Waals surface area contributed by atoms with Crippen LogP contribution in [0.1, 0.15) is 10.4 Å². The number of hydrogen-bond acceptors (Lipinski definition) is 4. The SMILES string of the molecule is C#CCn1c(=NC(=O)c2cc(Cl)ccc2[N+](=O)[O-])sc2cccc(F)c21. The molecule has 0 unspecified atom stereocenters. The molecule has 0 spiro atoms. The minimum Gasteiger partial charge on any atom is -0.302 e. The highest BCUT2D eigenvalue weighted by Gasteiger charge is 2.21. The number of carbonyl (C=O) groups excluding carboxylic acids is 1. The number of fused-ring (bicyclic) bond motifs is 1. The quantitative estimate of drug-likeness (QED) is 0.388. The van der Waals surface area contributed by atoms with Gasteiger partial charge in [0.1, 0.15) is 11.4 Å². The van der Waals surface area contributed by atoms with Crippen molar-refractivity contribution in [3.05, 3.63) is 67.7 Å². The molecule has 130 valence electrons. The minimum atomic E-state index is -0.864. The molecule has 0 aliphatic rings. The zero-order chi connectivity index (χ0) is 18.8. The average molecular weight is 390 g/mol. The number of nitrogens with zero attached hydrogens (tertiary/aromatic N) is 3. The maximum absolute atomic E-state index is 14.2. The number of thiazole rings is 1. The number of aromatic nitrogens is 1. The fourth-order valence-corrected chi connectivity index (χ4v) is 3.61. The predicted octanol–water partition coefficient (Wildman–Crippen LogP) is 3.78. The molecule has 0 aliphatic carbocycles. The molecule has 1 aromatic heterocycles. The van der Waals surface area contributed by atoms with Crippen molar-refractivity contribution in [3.8, 4) is 12.3 Å². The van der Waals surface area contributed by atoms with Crippen LogP contribution in [0.4, 0.5) is 10.1 Å². The first-order valence-corrected chi connectivity index (χ1v) is 8.36. The molecule has 0 fully saturated rings. The molecule has 0 radical (unpaired) electrons. The highest BCUT2D eigenvalue weighted by atomic mass is 35.5. The molecule has 9 heteroatoms. The Balaban J connectivity index is 2.23. The topological polar surface area (TPSA) is 77.5 Å². The highest BCUT2D eigenvalue weighted by Crippen LogP contribution is 2.24. The van der Waals surface area contributed by atoms with Crippen LogP contribution < -0.4 is 4.80 Å². The number of nitro benzene ring substituents is 1. The first-order chi connectivity index (χ1) is 12.4. The van der Waals surface area contributed by atoms with Crippen LogP contribution >= 0.6 is 22.9 Å². The lowest BCUT2D eigenvalue weighted by Gasteiger charge is -2.01. The van der Waals surface area contributed by atoms with Crippen molar-refractivity contribution in [3.63, 3.8) is 0 Å². The smallest absolute Gasteiger partial charge is 0.286 e. The van der Waals surface area contributed by atoms with Gasteiger partial charge in [0.05, 0.1) is 21.7 Å². The van der Waals surface area contributed by atoms with E-state index in [1.165, 1.54) is 28.8 Å². The van der Waals surface area contributed by atoms with Crippen LogP contribution in [0.15, 0.2) is 41.4 Å². The number of benzene rings is 2. The Hall–Kier alpha value is -3.02. The van der Waals surface area contributed by atoms with Crippen molar-refractivity contribution >= 4 is 44.7 Å². The van der Waals surface area contributed by atoms with E-state index in [0.717, 1.165) is 17.4 Å². The van der Waals surface area contributed by atoms with Crippen LogP contribution in [-0.2, 0) is 6.54 Å². The van der Waals surface area contributed by atoms with Crippen LogP contribution in [0.2, 0.25) is 5.02 Å². The number of hydrogen-bond donors (Lipinski definition) is 0. The molecule has 26 heavy (non-hydrogen) atoms. The van der Waals surface area contributed by atoms with Gasteiger partial charge in [0, 0.05) is 11.1 Å². The largest absolute Gasteiger partial charge is 0.302 e. The summed E-state index contributed by atoms with van der Waals surface area (Å²) in [6.07, 6.45) is 5.33. The second kappa shape index (κ2) is 7.07. The van der Waals surface area contributed by atoms with Crippen molar-refractivity contribution < 1.29 is 14.1 Å². The Bertz CT molecular complexity index is 1160. The van der Waals surface area contributed by atoms with Gasteiger partial charge in [0.2, 0.25) is 0 Å². The van der Waals surface area contributed by atoms with E-state index in [9.17, 15) is 19.3 Å². The summed E-state index contributed by atoms with van der Waals surface area (Å²) in [6.45, 7) is -0.00924. The maximum Gasteiger partial charge on any atom is 0.286 e. The van der Waals surface area contributed by atoms with E-state index in [1.54, 1.807) is 6.07 Å². The lowest BCUT2D eigenvalue weighted by molar-refractivity contribution is -0.385. The third-order valence-corrected chi connectivity index (χ3v) is 4.76. The molecule has 2 aromatic carbocycles. The molecular formula is C17H9ClFN3O3S. The van der Waals surface area contributed by atoms with E-state index < -0.39 is 22.3 Å². The number of terminal acetylenes is 1. The van der Waals surface area contributed by atoms with Gasteiger partial charge in [-0.25, -0.2) is 4.39 Å². The second-order valence-corrected chi connectivity index (χ2v) is 6.54. The van der Waals surface area contributed by atoms with Crippen molar-refractivity contribution in [1.82, 2.24) is 4.57 Å². The number of rotatable bonds is 3. The lowest BCUT2D eigenvalue weighted by atomic mass is 10.2. The van der Waals surface area contributed by atoms with E-state index in [2.05, 4.69) is 10.9 Å². The van der Waals surface area contributed by atoms with Crippen molar-refractivity contribution in [2.75, 3.05) is 0 Å². The van der Waals surface area contributed by atoms with E-state index in [0.29, 0.717) is 4.70 Å².